The van der Waals surface area contributed by atoms with Crippen molar-refractivity contribution in [2.75, 3.05) is 24.7 Å². The summed E-state index contributed by atoms with van der Waals surface area (Å²) < 4.78 is 5.84. The molecule has 3 aromatic carbocycles. The number of carbonyl (C=O) groups excluding carboxylic acids is 1. The van der Waals surface area contributed by atoms with Crippen LogP contribution in [-0.4, -0.2) is 31.4 Å². The van der Waals surface area contributed by atoms with E-state index in [0.29, 0.717) is 25.5 Å². The van der Waals surface area contributed by atoms with Gasteiger partial charge in [-0.1, -0.05) is 59.8 Å². The first kappa shape index (κ1) is 19.7. The molecule has 0 aromatic heterocycles. The fourth-order valence-electron chi connectivity index (χ4n) is 3.49. The van der Waals surface area contributed by atoms with Crippen molar-refractivity contribution in [2.45, 2.75) is 12.8 Å². The minimum absolute atomic E-state index is 0.157. The molecule has 5 nitrogen and oxygen atoms in total. The van der Waals surface area contributed by atoms with Gasteiger partial charge in [0.1, 0.15) is 12.4 Å². The van der Waals surface area contributed by atoms with Gasteiger partial charge in [0, 0.05) is 12.1 Å². The monoisotopic (exact) mass is 400 g/mol. The number of anilines is 1. The zero-order chi connectivity index (χ0) is 20.8. The summed E-state index contributed by atoms with van der Waals surface area (Å²) in [5.74, 6) is 0.709. The molecule has 0 fully saturated rings. The van der Waals surface area contributed by atoms with E-state index in [0.717, 1.165) is 29.8 Å². The molecule has 0 unspecified atom stereocenters. The summed E-state index contributed by atoms with van der Waals surface area (Å²) in [6.45, 7) is 5.20. The van der Waals surface area contributed by atoms with Crippen LogP contribution in [0.2, 0.25) is 0 Å². The molecule has 0 aliphatic carbocycles. The smallest absolute Gasteiger partial charge is 0.281 e. The molecule has 0 N–H and O–H groups in total. The Bertz CT molecular complexity index is 1090. The first-order valence-corrected chi connectivity index (χ1v) is 10.1. The molecule has 0 spiro atoms. The molecular weight excluding hydrogens is 376 g/mol. The first-order chi connectivity index (χ1) is 14.8. The van der Waals surface area contributed by atoms with E-state index in [2.05, 4.69) is 36.0 Å². The molecule has 1 amide bonds. The first-order valence-electron chi connectivity index (χ1n) is 10.1. The Morgan fingerprint density at radius 1 is 0.933 bits per heavy atom. The molecule has 30 heavy (non-hydrogen) atoms. The maximum absolute atomic E-state index is 12.6. The molecule has 4 rings (SSSR count). The summed E-state index contributed by atoms with van der Waals surface area (Å²) in [5, 5.41) is 6.49. The summed E-state index contributed by atoms with van der Waals surface area (Å²) in [4.78, 5) is 19.7. The Kier molecular flexibility index (Phi) is 6.09. The predicted octanol–water partition coefficient (Wildman–Crippen LogP) is 4.95. The second-order valence-corrected chi connectivity index (χ2v) is 7.06. The van der Waals surface area contributed by atoms with Crippen LogP contribution in [0.5, 0.6) is 5.75 Å². The van der Waals surface area contributed by atoms with Gasteiger partial charge < -0.3 is 14.5 Å². The van der Waals surface area contributed by atoms with Crippen molar-refractivity contribution in [3.8, 4) is 5.75 Å². The van der Waals surface area contributed by atoms with Gasteiger partial charge in [0.15, 0.2) is 5.71 Å². The largest absolute Gasteiger partial charge is 0.494 e. The van der Waals surface area contributed by atoms with Crippen LogP contribution in [0, 0.1) is 0 Å². The van der Waals surface area contributed by atoms with Crippen molar-refractivity contribution in [2.24, 2.45) is 5.16 Å². The van der Waals surface area contributed by atoms with Crippen LogP contribution < -0.4 is 9.64 Å². The zero-order valence-corrected chi connectivity index (χ0v) is 16.8. The van der Waals surface area contributed by atoms with Crippen molar-refractivity contribution in [1.82, 2.24) is 0 Å². The number of rotatable bonds is 9. The third-order valence-corrected chi connectivity index (χ3v) is 4.98. The van der Waals surface area contributed by atoms with Crippen LogP contribution in [0.15, 0.2) is 84.5 Å². The van der Waals surface area contributed by atoms with Crippen molar-refractivity contribution in [3.63, 3.8) is 0 Å². The van der Waals surface area contributed by atoms with Crippen molar-refractivity contribution >= 4 is 28.1 Å². The second-order valence-electron chi connectivity index (χ2n) is 7.06. The van der Waals surface area contributed by atoms with Gasteiger partial charge in [0.05, 0.1) is 12.3 Å². The highest BCUT2D eigenvalue weighted by Gasteiger charge is 2.33. The molecular formula is C25H24N2O3. The molecule has 0 bridgehead atoms. The number of hydrogen-bond donors (Lipinski definition) is 0. The topological polar surface area (TPSA) is 51.1 Å². The van der Waals surface area contributed by atoms with Gasteiger partial charge in [-0.2, -0.15) is 0 Å². The Hall–Kier alpha value is -3.60. The Morgan fingerprint density at radius 3 is 2.57 bits per heavy atom. The number of amides is 1. The molecule has 1 aliphatic rings. The quantitative estimate of drug-likeness (QED) is 0.290. The lowest BCUT2D eigenvalue weighted by Gasteiger charge is -2.13. The van der Waals surface area contributed by atoms with Crippen LogP contribution in [-0.2, 0) is 9.63 Å². The minimum Gasteiger partial charge on any atom is -0.494 e. The molecule has 1 heterocycles. The molecule has 5 heteroatoms. The van der Waals surface area contributed by atoms with Gasteiger partial charge in [-0.05, 0) is 41.8 Å². The van der Waals surface area contributed by atoms with E-state index < -0.39 is 0 Å². The SMILES string of the molecule is C=CCN1C(=O)/C(=N\OCCCCOc2ccc3ccccc3c2)c2ccccc21. The van der Waals surface area contributed by atoms with E-state index >= 15 is 0 Å². The summed E-state index contributed by atoms with van der Waals surface area (Å²) in [6, 6.07) is 21.9. The predicted molar refractivity (Wildman–Crippen MR) is 120 cm³/mol. The summed E-state index contributed by atoms with van der Waals surface area (Å²) in [7, 11) is 0. The van der Waals surface area contributed by atoms with Crippen LogP contribution in [0.1, 0.15) is 18.4 Å². The van der Waals surface area contributed by atoms with Crippen molar-refractivity contribution < 1.29 is 14.4 Å². The van der Waals surface area contributed by atoms with Crippen molar-refractivity contribution in [3.05, 3.63) is 84.9 Å². The number of nitrogens with zero attached hydrogens (tertiary/aromatic N) is 2. The van der Waals surface area contributed by atoms with Crippen LogP contribution in [0.25, 0.3) is 10.8 Å². The number of ether oxygens (including phenoxy) is 1. The fourth-order valence-corrected chi connectivity index (χ4v) is 3.49. The van der Waals surface area contributed by atoms with E-state index in [-0.39, 0.29) is 5.91 Å². The van der Waals surface area contributed by atoms with Gasteiger partial charge in [0.2, 0.25) is 0 Å². The molecule has 0 saturated heterocycles. The molecule has 1 aliphatic heterocycles. The van der Waals surface area contributed by atoms with E-state index in [4.69, 9.17) is 9.57 Å². The molecule has 0 radical (unpaired) electrons. The van der Waals surface area contributed by atoms with Gasteiger partial charge in [-0.25, -0.2) is 0 Å². The zero-order valence-electron chi connectivity index (χ0n) is 16.8. The van der Waals surface area contributed by atoms with Gasteiger partial charge in [-0.3, -0.25) is 4.79 Å². The highest BCUT2D eigenvalue weighted by atomic mass is 16.6. The Morgan fingerprint density at radius 2 is 1.70 bits per heavy atom. The number of hydrogen-bond acceptors (Lipinski definition) is 4. The third-order valence-electron chi connectivity index (χ3n) is 4.98. The standard InChI is InChI=1S/C25H24N2O3/c1-2-15-27-23-12-6-5-11-22(23)24(25(27)28)26-30-17-8-7-16-29-21-14-13-19-9-3-4-10-20(19)18-21/h2-6,9-14,18H,1,7-8,15-17H2/b26-24-. The average Bonchev–Trinajstić information content (AvgIpc) is 3.04. The maximum Gasteiger partial charge on any atom is 0.281 e. The lowest BCUT2D eigenvalue weighted by molar-refractivity contribution is -0.112. The highest BCUT2D eigenvalue weighted by Crippen LogP contribution is 2.29. The van der Waals surface area contributed by atoms with Gasteiger partial charge in [-0.15, -0.1) is 6.58 Å². The normalized spacial score (nSPS) is 14.2. The summed E-state index contributed by atoms with van der Waals surface area (Å²) >= 11 is 0. The van der Waals surface area contributed by atoms with Gasteiger partial charge in [0.25, 0.3) is 5.91 Å². The highest BCUT2D eigenvalue weighted by molar-refractivity contribution is 6.54. The van der Waals surface area contributed by atoms with Crippen LogP contribution >= 0.6 is 0 Å². The summed E-state index contributed by atoms with van der Waals surface area (Å²) in [6.07, 6.45) is 3.33. The number of carbonyl (C=O) groups is 1. The molecule has 0 saturated carbocycles. The van der Waals surface area contributed by atoms with Crippen LogP contribution in [0.3, 0.4) is 0 Å². The molecule has 152 valence electrons. The Balaban J connectivity index is 1.25. The average molecular weight is 400 g/mol. The Labute approximate surface area is 176 Å². The van der Waals surface area contributed by atoms with Crippen LogP contribution in [0.4, 0.5) is 5.69 Å². The lowest BCUT2D eigenvalue weighted by Crippen LogP contribution is -2.30. The lowest BCUT2D eigenvalue weighted by atomic mass is 10.1. The summed E-state index contributed by atoms with van der Waals surface area (Å²) in [5.41, 5.74) is 1.98. The number of para-hydroxylation sites is 1. The van der Waals surface area contributed by atoms with E-state index in [1.807, 2.05) is 42.5 Å². The number of oxime groups is 1. The van der Waals surface area contributed by atoms with Gasteiger partial charge >= 0.3 is 0 Å². The fraction of sp³-hybridized carbons (Fsp3) is 0.200. The second kappa shape index (κ2) is 9.27. The van der Waals surface area contributed by atoms with E-state index in [9.17, 15) is 4.79 Å². The van der Waals surface area contributed by atoms with E-state index in [1.54, 1.807) is 11.0 Å². The van der Waals surface area contributed by atoms with Crippen molar-refractivity contribution in [1.29, 1.82) is 0 Å². The third kappa shape index (κ3) is 4.20. The van der Waals surface area contributed by atoms with E-state index in [1.165, 1.54) is 10.8 Å². The molecule has 0 atom stereocenters. The number of fused-ring (bicyclic) bond motifs is 2. The maximum atomic E-state index is 12.6. The molecule has 3 aromatic rings. The minimum atomic E-state index is -0.157. The number of benzene rings is 3. The number of unbranched alkanes of at least 4 members (excludes halogenated alkanes) is 1.